The molecule has 0 aliphatic carbocycles. The van der Waals surface area contributed by atoms with E-state index in [1.54, 1.807) is 30.0 Å². The number of thiophene rings is 1. The number of hydrogen-bond acceptors (Lipinski definition) is 5. The molecule has 0 aromatic carbocycles. The minimum atomic E-state index is -0.762. The van der Waals surface area contributed by atoms with Gasteiger partial charge in [-0.25, -0.2) is 0 Å². The van der Waals surface area contributed by atoms with Crippen LogP contribution in [0.25, 0.3) is 0 Å². The summed E-state index contributed by atoms with van der Waals surface area (Å²) in [4.78, 5) is 15.5. The van der Waals surface area contributed by atoms with Gasteiger partial charge in [0.05, 0.1) is 12.1 Å². The molecule has 1 atom stereocenters. The molecule has 1 aliphatic rings. The number of nitrogens with one attached hydrogen (secondary N) is 1. The lowest BCUT2D eigenvalue weighted by atomic mass is 10.1. The SMILES string of the molecule is CSCC(C)(O)CNCC(=O)N1CCc2sccc2C1. The molecular weight excluding hydrogens is 292 g/mol. The summed E-state index contributed by atoms with van der Waals surface area (Å²) < 4.78 is 0. The molecule has 112 valence electrons. The maximum atomic E-state index is 12.2. The van der Waals surface area contributed by atoms with E-state index in [0.717, 1.165) is 19.5 Å². The molecule has 1 amide bonds. The Morgan fingerprint density at radius 2 is 2.45 bits per heavy atom. The Hall–Kier alpha value is -0.560. The van der Waals surface area contributed by atoms with Gasteiger partial charge in [0.25, 0.3) is 0 Å². The molecule has 0 fully saturated rings. The predicted molar refractivity (Wildman–Crippen MR) is 85.3 cm³/mol. The average Bonchev–Trinajstić information content (AvgIpc) is 2.85. The zero-order valence-electron chi connectivity index (χ0n) is 12.0. The molecule has 4 nitrogen and oxygen atoms in total. The van der Waals surface area contributed by atoms with E-state index in [1.165, 1.54) is 10.4 Å². The quantitative estimate of drug-likeness (QED) is 0.832. The number of amides is 1. The number of carbonyl (C=O) groups excluding carboxylic acids is 1. The Balaban J connectivity index is 1.76. The normalized spacial score (nSPS) is 17.6. The second-order valence-electron chi connectivity index (χ2n) is 5.47. The van der Waals surface area contributed by atoms with Gasteiger partial charge in [-0.3, -0.25) is 4.79 Å². The van der Waals surface area contributed by atoms with Crippen LogP contribution in [-0.4, -0.2) is 53.2 Å². The van der Waals surface area contributed by atoms with Crippen LogP contribution < -0.4 is 5.32 Å². The molecule has 1 aromatic rings. The standard InChI is InChI=1S/C14H22N2O2S2/c1-14(18,10-19-2)9-15-7-13(17)16-5-3-12-11(8-16)4-6-20-12/h4,6,15,18H,3,5,7-10H2,1-2H3. The van der Waals surface area contributed by atoms with Gasteiger partial charge in [0, 0.05) is 30.3 Å². The third-order valence-electron chi connectivity index (χ3n) is 3.40. The number of aliphatic hydroxyl groups is 1. The van der Waals surface area contributed by atoms with Crippen LogP contribution in [-0.2, 0) is 17.8 Å². The minimum Gasteiger partial charge on any atom is -0.388 e. The number of rotatable bonds is 6. The van der Waals surface area contributed by atoms with Gasteiger partial charge in [0.1, 0.15) is 0 Å². The summed E-state index contributed by atoms with van der Waals surface area (Å²) in [6, 6.07) is 2.11. The minimum absolute atomic E-state index is 0.113. The van der Waals surface area contributed by atoms with Gasteiger partial charge in [0.2, 0.25) is 5.91 Å². The fourth-order valence-corrected chi connectivity index (χ4v) is 3.99. The molecule has 1 aliphatic heterocycles. The second-order valence-corrected chi connectivity index (χ2v) is 7.33. The predicted octanol–water partition coefficient (Wildman–Crippen LogP) is 1.34. The van der Waals surface area contributed by atoms with E-state index >= 15 is 0 Å². The van der Waals surface area contributed by atoms with Crippen LogP contribution in [0, 0.1) is 0 Å². The highest BCUT2D eigenvalue weighted by atomic mass is 32.2. The van der Waals surface area contributed by atoms with Crippen molar-refractivity contribution < 1.29 is 9.90 Å². The van der Waals surface area contributed by atoms with Crippen molar-refractivity contribution in [3.8, 4) is 0 Å². The third-order valence-corrected chi connectivity index (χ3v) is 5.33. The van der Waals surface area contributed by atoms with Gasteiger partial charge in [-0.1, -0.05) is 0 Å². The summed E-state index contributed by atoms with van der Waals surface area (Å²) in [5.74, 6) is 0.776. The maximum Gasteiger partial charge on any atom is 0.236 e. The molecule has 0 saturated heterocycles. The number of fused-ring (bicyclic) bond motifs is 1. The molecule has 2 rings (SSSR count). The lowest BCUT2D eigenvalue weighted by Crippen LogP contribution is -2.45. The van der Waals surface area contributed by atoms with Crippen LogP contribution in [0.1, 0.15) is 17.4 Å². The Morgan fingerprint density at radius 3 is 3.20 bits per heavy atom. The summed E-state index contributed by atoms with van der Waals surface area (Å²) in [5.41, 5.74) is 0.520. The lowest BCUT2D eigenvalue weighted by molar-refractivity contribution is -0.131. The third kappa shape index (κ3) is 4.22. The summed E-state index contributed by atoms with van der Waals surface area (Å²) in [7, 11) is 0. The summed E-state index contributed by atoms with van der Waals surface area (Å²) in [5, 5.41) is 15.2. The fraction of sp³-hybridized carbons (Fsp3) is 0.643. The molecule has 1 unspecified atom stereocenters. The Morgan fingerprint density at radius 1 is 1.65 bits per heavy atom. The van der Waals surface area contributed by atoms with Gasteiger partial charge in [-0.05, 0) is 36.6 Å². The molecule has 0 spiro atoms. The highest BCUT2D eigenvalue weighted by molar-refractivity contribution is 7.98. The van der Waals surface area contributed by atoms with E-state index in [9.17, 15) is 9.90 Å². The van der Waals surface area contributed by atoms with Gasteiger partial charge < -0.3 is 15.3 Å². The molecule has 0 bridgehead atoms. The molecule has 1 aromatic heterocycles. The monoisotopic (exact) mass is 314 g/mol. The van der Waals surface area contributed by atoms with E-state index in [4.69, 9.17) is 0 Å². The van der Waals surface area contributed by atoms with Crippen LogP contribution >= 0.6 is 23.1 Å². The number of hydrogen-bond donors (Lipinski definition) is 2. The molecular formula is C14H22N2O2S2. The average molecular weight is 314 g/mol. The van der Waals surface area contributed by atoms with E-state index < -0.39 is 5.60 Å². The molecule has 2 heterocycles. The molecule has 20 heavy (non-hydrogen) atoms. The Kier molecular flexibility index (Phi) is 5.49. The van der Waals surface area contributed by atoms with E-state index in [1.807, 2.05) is 11.2 Å². The number of nitrogens with zero attached hydrogens (tertiary/aromatic N) is 1. The summed E-state index contributed by atoms with van der Waals surface area (Å²) in [6.45, 7) is 4.05. The first kappa shape index (κ1) is 15.8. The topological polar surface area (TPSA) is 52.6 Å². The lowest BCUT2D eigenvalue weighted by Gasteiger charge is -2.28. The van der Waals surface area contributed by atoms with Gasteiger partial charge in [0.15, 0.2) is 0 Å². The van der Waals surface area contributed by atoms with Crippen molar-refractivity contribution in [2.75, 3.05) is 31.6 Å². The zero-order chi connectivity index (χ0) is 14.6. The number of thioether (sulfide) groups is 1. The smallest absolute Gasteiger partial charge is 0.236 e. The van der Waals surface area contributed by atoms with Crippen molar-refractivity contribution in [3.05, 3.63) is 21.9 Å². The van der Waals surface area contributed by atoms with Gasteiger partial charge >= 0.3 is 0 Å². The van der Waals surface area contributed by atoms with Crippen molar-refractivity contribution in [2.45, 2.75) is 25.5 Å². The molecule has 6 heteroatoms. The van der Waals surface area contributed by atoms with Crippen molar-refractivity contribution in [2.24, 2.45) is 0 Å². The summed E-state index contributed by atoms with van der Waals surface area (Å²) in [6.07, 6.45) is 2.93. The van der Waals surface area contributed by atoms with Crippen LogP contribution in [0.4, 0.5) is 0 Å². The Labute approximate surface area is 128 Å². The van der Waals surface area contributed by atoms with E-state index in [-0.39, 0.29) is 5.91 Å². The first-order valence-corrected chi connectivity index (χ1v) is 9.04. The summed E-state index contributed by atoms with van der Waals surface area (Å²) >= 11 is 3.38. The van der Waals surface area contributed by atoms with Crippen LogP contribution in [0.3, 0.4) is 0 Å². The maximum absolute atomic E-state index is 12.2. The van der Waals surface area contributed by atoms with Gasteiger partial charge in [-0.15, -0.1) is 11.3 Å². The van der Waals surface area contributed by atoms with Gasteiger partial charge in [-0.2, -0.15) is 11.8 Å². The first-order valence-electron chi connectivity index (χ1n) is 6.77. The second kappa shape index (κ2) is 6.93. The highest BCUT2D eigenvalue weighted by Gasteiger charge is 2.23. The van der Waals surface area contributed by atoms with E-state index in [2.05, 4.69) is 16.8 Å². The molecule has 2 N–H and O–H groups in total. The molecule has 0 radical (unpaired) electrons. The van der Waals surface area contributed by atoms with Crippen LogP contribution in [0.2, 0.25) is 0 Å². The first-order chi connectivity index (χ1) is 9.52. The molecule has 0 saturated carbocycles. The zero-order valence-corrected chi connectivity index (χ0v) is 13.6. The van der Waals surface area contributed by atoms with Crippen molar-refractivity contribution in [1.82, 2.24) is 10.2 Å². The number of carbonyl (C=O) groups is 1. The van der Waals surface area contributed by atoms with Crippen LogP contribution in [0.15, 0.2) is 11.4 Å². The fourth-order valence-electron chi connectivity index (χ4n) is 2.37. The van der Waals surface area contributed by atoms with Crippen molar-refractivity contribution in [3.63, 3.8) is 0 Å². The van der Waals surface area contributed by atoms with Crippen molar-refractivity contribution >= 4 is 29.0 Å². The Bertz CT molecular complexity index is 460. The van der Waals surface area contributed by atoms with Crippen LogP contribution in [0.5, 0.6) is 0 Å². The van der Waals surface area contributed by atoms with Crippen molar-refractivity contribution in [1.29, 1.82) is 0 Å². The largest absolute Gasteiger partial charge is 0.388 e. The highest BCUT2D eigenvalue weighted by Crippen LogP contribution is 2.23. The van der Waals surface area contributed by atoms with E-state index in [0.29, 0.717) is 18.8 Å².